The summed E-state index contributed by atoms with van der Waals surface area (Å²) in [7, 11) is 0. The number of hydrogen-bond donors (Lipinski definition) is 1. The summed E-state index contributed by atoms with van der Waals surface area (Å²) in [6.45, 7) is 0. The minimum atomic E-state index is -0.762. The number of fused-ring (bicyclic) bond motifs is 6. The van der Waals surface area contributed by atoms with E-state index < -0.39 is 5.41 Å². The Bertz CT molecular complexity index is 2430. The van der Waals surface area contributed by atoms with Gasteiger partial charge < -0.3 is 9.52 Å². The summed E-state index contributed by atoms with van der Waals surface area (Å²) >= 11 is 0. The molecule has 0 radical (unpaired) electrons. The molecule has 8 aromatic rings. The van der Waals surface area contributed by atoms with E-state index in [4.69, 9.17) is 9.40 Å². The number of nitrogens with zero attached hydrogens (tertiary/aromatic N) is 3. The van der Waals surface area contributed by atoms with Crippen molar-refractivity contribution in [2.45, 2.75) is 5.41 Å². The number of rotatable bonds is 4. The van der Waals surface area contributed by atoms with E-state index in [2.05, 4.69) is 101 Å². The Morgan fingerprint density at radius 3 is 2.40 bits per heavy atom. The number of hydrogen-bond acceptors (Lipinski definition) is 5. The Kier molecular flexibility index (Phi) is 5.50. The van der Waals surface area contributed by atoms with Gasteiger partial charge in [0.1, 0.15) is 23.3 Å². The van der Waals surface area contributed by atoms with Crippen molar-refractivity contribution in [1.82, 2.24) is 15.0 Å². The molecule has 1 N–H and O–H groups in total. The van der Waals surface area contributed by atoms with Crippen LogP contribution in [0.4, 0.5) is 0 Å². The Morgan fingerprint density at radius 1 is 0.644 bits per heavy atom. The molecule has 0 saturated carbocycles. The lowest BCUT2D eigenvalue weighted by Crippen LogP contribution is -2.30. The van der Waals surface area contributed by atoms with Gasteiger partial charge in [0.15, 0.2) is 5.58 Å². The Labute approximate surface area is 259 Å². The summed E-state index contributed by atoms with van der Waals surface area (Å²) in [6.07, 6.45) is 3.23. The smallest absolute Gasteiger partial charge is 0.178 e. The number of para-hydroxylation sites is 1. The maximum Gasteiger partial charge on any atom is 0.178 e. The fourth-order valence-corrected chi connectivity index (χ4v) is 7.16. The molecule has 45 heavy (non-hydrogen) atoms. The van der Waals surface area contributed by atoms with E-state index in [9.17, 15) is 5.11 Å². The summed E-state index contributed by atoms with van der Waals surface area (Å²) in [5, 5.41) is 13.2. The minimum absolute atomic E-state index is 0.197. The van der Waals surface area contributed by atoms with E-state index in [0.29, 0.717) is 16.8 Å². The zero-order chi connectivity index (χ0) is 30.0. The first-order chi connectivity index (χ1) is 22.2. The van der Waals surface area contributed by atoms with Gasteiger partial charge in [0.05, 0.1) is 23.1 Å². The van der Waals surface area contributed by atoms with Crippen molar-refractivity contribution < 1.29 is 9.52 Å². The van der Waals surface area contributed by atoms with Crippen molar-refractivity contribution in [1.29, 1.82) is 0 Å². The zero-order valence-electron chi connectivity index (χ0n) is 24.1. The van der Waals surface area contributed by atoms with Gasteiger partial charge in [0, 0.05) is 17.2 Å². The second-order valence-electron chi connectivity index (χ2n) is 11.4. The van der Waals surface area contributed by atoms with Gasteiger partial charge in [-0.3, -0.25) is 4.98 Å². The number of aromatic hydroxyl groups is 1. The van der Waals surface area contributed by atoms with Gasteiger partial charge in [-0.2, -0.15) is 0 Å². The Hall–Kier alpha value is -6.07. The molecular weight excluding hydrogens is 554 g/mol. The highest BCUT2D eigenvalue weighted by Gasteiger charge is 2.48. The van der Waals surface area contributed by atoms with Crippen LogP contribution in [-0.4, -0.2) is 20.1 Å². The molecule has 1 atom stereocenters. The van der Waals surface area contributed by atoms with Crippen molar-refractivity contribution in [3.63, 3.8) is 0 Å². The predicted molar refractivity (Wildman–Crippen MR) is 177 cm³/mol. The van der Waals surface area contributed by atoms with Crippen LogP contribution in [-0.2, 0) is 5.41 Å². The summed E-state index contributed by atoms with van der Waals surface area (Å²) in [5.41, 5.74) is 10.3. The van der Waals surface area contributed by atoms with Crippen molar-refractivity contribution in [2.24, 2.45) is 0 Å². The number of phenolic OH excluding ortho intramolecular Hbond substituents is 1. The van der Waals surface area contributed by atoms with Gasteiger partial charge in [-0.1, -0.05) is 97.1 Å². The first kappa shape index (κ1) is 25.4. The molecule has 1 aliphatic carbocycles. The van der Waals surface area contributed by atoms with Crippen LogP contribution in [0.3, 0.4) is 0 Å². The third-order valence-electron chi connectivity index (χ3n) is 9.06. The molecule has 3 aromatic heterocycles. The number of phenols is 1. The lowest BCUT2D eigenvalue weighted by molar-refractivity contribution is 0.477. The van der Waals surface area contributed by atoms with Crippen LogP contribution in [0.15, 0.2) is 150 Å². The summed E-state index contributed by atoms with van der Waals surface area (Å²) < 4.78 is 5.85. The monoisotopic (exact) mass is 579 g/mol. The van der Waals surface area contributed by atoms with Crippen molar-refractivity contribution >= 4 is 21.9 Å². The first-order valence-corrected chi connectivity index (χ1v) is 14.9. The third-order valence-corrected chi connectivity index (χ3v) is 9.06. The van der Waals surface area contributed by atoms with Gasteiger partial charge >= 0.3 is 0 Å². The topological polar surface area (TPSA) is 72.0 Å². The van der Waals surface area contributed by atoms with Crippen LogP contribution in [0.5, 0.6) is 5.75 Å². The number of aromatic nitrogens is 3. The second-order valence-corrected chi connectivity index (χ2v) is 11.4. The van der Waals surface area contributed by atoms with Crippen LogP contribution in [0.1, 0.15) is 22.4 Å². The molecule has 0 spiro atoms. The fourth-order valence-electron chi connectivity index (χ4n) is 7.16. The molecule has 5 aromatic carbocycles. The van der Waals surface area contributed by atoms with E-state index in [1.54, 1.807) is 18.7 Å². The molecule has 5 heteroatoms. The molecule has 0 saturated heterocycles. The van der Waals surface area contributed by atoms with Crippen molar-refractivity contribution in [3.05, 3.63) is 168 Å². The largest absolute Gasteiger partial charge is 0.507 e. The first-order valence-electron chi connectivity index (χ1n) is 14.9. The van der Waals surface area contributed by atoms with E-state index in [1.807, 2.05) is 36.4 Å². The van der Waals surface area contributed by atoms with Crippen LogP contribution in [0, 0.1) is 0 Å². The van der Waals surface area contributed by atoms with Crippen LogP contribution >= 0.6 is 0 Å². The van der Waals surface area contributed by atoms with Crippen molar-refractivity contribution in [3.8, 4) is 39.4 Å². The standard InChI is InChI=1S/C40H25N3O2/c44-35-17-6-4-14-30(35)33-16-8-18-36(43-33)40(27-11-7-10-26(23-27)38-39-34(21-22-45-39)41-24-42-38)31-15-5-3-13-29(31)37-28-12-2-1-9-25(28)19-20-32(37)40/h1-24,44H. The molecule has 212 valence electrons. The van der Waals surface area contributed by atoms with Gasteiger partial charge in [-0.25, -0.2) is 9.97 Å². The van der Waals surface area contributed by atoms with E-state index in [1.165, 1.54) is 21.9 Å². The molecule has 1 unspecified atom stereocenters. The second kappa shape index (κ2) is 9.73. The molecule has 5 nitrogen and oxygen atoms in total. The van der Waals surface area contributed by atoms with Gasteiger partial charge in [0.2, 0.25) is 0 Å². The highest BCUT2D eigenvalue weighted by Crippen LogP contribution is 2.57. The fraction of sp³-hybridized carbons (Fsp3) is 0.0250. The molecule has 0 amide bonds. The molecule has 0 fully saturated rings. The molecule has 1 aliphatic rings. The van der Waals surface area contributed by atoms with Crippen molar-refractivity contribution in [2.75, 3.05) is 0 Å². The number of benzene rings is 5. The maximum absolute atomic E-state index is 10.8. The highest BCUT2D eigenvalue weighted by molar-refractivity contribution is 6.04. The Morgan fingerprint density at radius 2 is 1.47 bits per heavy atom. The van der Waals surface area contributed by atoms with E-state index in [0.717, 1.165) is 39.2 Å². The van der Waals surface area contributed by atoms with Crippen LogP contribution in [0.25, 0.3) is 55.5 Å². The molecular formula is C40H25N3O2. The van der Waals surface area contributed by atoms with E-state index in [-0.39, 0.29) is 5.75 Å². The summed E-state index contributed by atoms with van der Waals surface area (Å²) in [6, 6.07) is 45.5. The average Bonchev–Trinajstić information content (AvgIpc) is 3.70. The molecule has 0 bridgehead atoms. The lowest BCUT2D eigenvalue weighted by atomic mass is 9.69. The summed E-state index contributed by atoms with van der Waals surface area (Å²) in [5.74, 6) is 0.197. The quantitative estimate of drug-likeness (QED) is 0.225. The lowest BCUT2D eigenvalue weighted by Gasteiger charge is -2.33. The summed E-state index contributed by atoms with van der Waals surface area (Å²) in [4.78, 5) is 14.4. The predicted octanol–water partition coefficient (Wildman–Crippen LogP) is 9.17. The molecule has 9 rings (SSSR count). The minimum Gasteiger partial charge on any atom is -0.507 e. The number of furan rings is 1. The van der Waals surface area contributed by atoms with Gasteiger partial charge in [-0.05, 0) is 68.9 Å². The van der Waals surface area contributed by atoms with Crippen LogP contribution in [0.2, 0.25) is 0 Å². The number of pyridine rings is 1. The average molecular weight is 580 g/mol. The normalized spacial score (nSPS) is 15.3. The van der Waals surface area contributed by atoms with Crippen LogP contribution < -0.4 is 0 Å². The molecule has 3 heterocycles. The van der Waals surface area contributed by atoms with E-state index >= 15 is 0 Å². The molecule has 0 aliphatic heterocycles. The third kappa shape index (κ3) is 3.64. The highest BCUT2D eigenvalue weighted by atomic mass is 16.3. The van der Waals surface area contributed by atoms with Gasteiger partial charge in [-0.15, -0.1) is 0 Å². The SMILES string of the molecule is Oc1ccccc1-c1cccc(C2(c3cccc(-c4ncnc5ccoc45)c3)c3ccccc3-c3c2ccc2ccccc32)n1. The Balaban J connectivity index is 1.40. The maximum atomic E-state index is 10.8. The van der Waals surface area contributed by atoms with Gasteiger partial charge in [0.25, 0.3) is 0 Å². The zero-order valence-corrected chi connectivity index (χ0v) is 24.1.